The minimum atomic E-state index is -0.0786. The molecule has 1 aliphatic heterocycles. The van der Waals surface area contributed by atoms with Crippen LogP contribution in [0.2, 0.25) is 5.02 Å². The van der Waals surface area contributed by atoms with E-state index < -0.39 is 0 Å². The number of benzene rings is 1. The summed E-state index contributed by atoms with van der Waals surface area (Å²) in [7, 11) is 0. The van der Waals surface area contributed by atoms with Crippen LogP contribution in [0.3, 0.4) is 0 Å². The van der Waals surface area contributed by atoms with Gasteiger partial charge in [0.1, 0.15) is 0 Å². The molecule has 1 fully saturated rings. The fraction of sp³-hybridized carbons (Fsp3) is 0.333. The molecule has 0 saturated carbocycles. The van der Waals surface area contributed by atoms with E-state index in [0.717, 1.165) is 36.9 Å². The van der Waals surface area contributed by atoms with Gasteiger partial charge in [-0.1, -0.05) is 11.6 Å². The number of rotatable bonds is 1. The molecule has 2 rings (SSSR count). The molecule has 1 aliphatic rings. The van der Waals surface area contributed by atoms with Gasteiger partial charge < -0.3 is 21.3 Å². The van der Waals surface area contributed by atoms with E-state index >= 15 is 0 Å². The second-order valence-corrected chi connectivity index (χ2v) is 4.75. The summed E-state index contributed by atoms with van der Waals surface area (Å²) in [5, 5.41) is 8.49. The third-order valence-electron chi connectivity index (χ3n) is 3.01. The molecule has 1 saturated heterocycles. The largest absolute Gasteiger partial charge is 0.370 e. The number of anilines is 1. The predicted octanol–water partition coefficient (Wildman–Crippen LogP) is 1.51. The van der Waals surface area contributed by atoms with E-state index in [4.69, 9.17) is 28.5 Å². The van der Waals surface area contributed by atoms with E-state index in [0.29, 0.717) is 0 Å². The lowest BCUT2D eigenvalue weighted by atomic mass is 10.2. The van der Waals surface area contributed by atoms with Gasteiger partial charge in [0, 0.05) is 36.9 Å². The van der Waals surface area contributed by atoms with Gasteiger partial charge in [-0.3, -0.25) is 5.41 Å². The zero-order chi connectivity index (χ0) is 13.8. The summed E-state index contributed by atoms with van der Waals surface area (Å²) in [6.45, 7) is 3.09. The predicted molar refractivity (Wildman–Crippen MR) is 93.3 cm³/mol. The molecule has 0 aliphatic carbocycles. The molecule has 1 aromatic carbocycles. The number of nitrogens with zero attached hydrogens (tertiary/aromatic N) is 3. The first-order valence-corrected chi connectivity index (χ1v) is 6.38. The maximum Gasteiger partial charge on any atom is 0.221 e. The summed E-state index contributed by atoms with van der Waals surface area (Å²) < 4.78 is 0. The van der Waals surface area contributed by atoms with Crippen LogP contribution in [0.25, 0.3) is 0 Å². The Labute approximate surface area is 141 Å². The standard InChI is InChI=1S/C12H17ClN6.2ClH/c13-9-1-3-10(4-2-9)18-5-7-19(8-6-18)12(16)17-11(14)15;;/h1-4H,5-8H2,(H5,14,15,16,17);2*1H. The van der Waals surface area contributed by atoms with Crippen LogP contribution in [-0.4, -0.2) is 43.0 Å². The van der Waals surface area contributed by atoms with Crippen LogP contribution in [0.1, 0.15) is 0 Å². The van der Waals surface area contributed by atoms with Gasteiger partial charge >= 0.3 is 0 Å². The van der Waals surface area contributed by atoms with Gasteiger partial charge in [-0.2, -0.15) is 4.99 Å². The molecule has 0 radical (unpaired) electrons. The highest BCUT2D eigenvalue weighted by atomic mass is 35.5. The molecule has 1 heterocycles. The number of piperazine rings is 1. The molecule has 1 aromatic rings. The first-order chi connectivity index (χ1) is 9.06. The number of nitrogens with one attached hydrogen (secondary N) is 1. The average Bonchev–Trinajstić information content (AvgIpc) is 2.39. The van der Waals surface area contributed by atoms with Crippen molar-refractivity contribution in [3.8, 4) is 0 Å². The normalized spacial score (nSPS) is 13.8. The second-order valence-electron chi connectivity index (χ2n) is 4.31. The van der Waals surface area contributed by atoms with E-state index in [1.165, 1.54) is 0 Å². The highest BCUT2D eigenvalue weighted by molar-refractivity contribution is 6.30. The summed E-state index contributed by atoms with van der Waals surface area (Å²) in [6, 6.07) is 7.76. The summed E-state index contributed by atoms with van der Waals surface area (Å²) in [5.41, 5.74) is 11.7. The van der Waals surface area contributed by atoms with Crippen LogP contribution in [-0.2, 0) is 0 Å². The minimum absolute atomic E-state index is 0. The molecule has 0 atom stereocenters. The Morgan fingerprint density at radius 2 is 1.57 bits per heavy atom. The molecule has 0 spiro atoms. The molecule has 0 unspecified atom stereocenters. The third kappa shape index (κ3) is 5.49. The van der Waals surface area contributed by atoms with Crippen molar-refractivity contribution >= 4 is 54.0 Å². The minimum Gasteiger partial charge on any atom is -0.370 e. The van der Waals surface area contributed by atoms with Gasteiger partial charge in [0.15, 0.2) is 5.96 Å². The maximum absolute atomic E-state index is 7.75. The number of halogens is 3. The van der Waals surface area contributed by atoms with Gasteiger partial charge in [0.05, 0.1) is 0 Å². The first-order valence-electron chi connectivity index (χ1n) is 6.00. The fourth-order valence-electron chi connectivity index (χ4n) is 2.02. The van der Waals surface area contributed by atoms with Crippen molar-refractivity contribution in [2.75, 3.05) is 31.1 Å². The first kappa shape index (κ1) is 19.6. The Morgan fingerprint density at radius 1 is 1.05 bits per heavy atom. The van der Waals surface area contributed by atoms with E-state index in [-0.39, 0.29) is 36.7 Å². The Hall–Kier alpha value is -1.37. The van der Waals surface area contributed by atoms with E-state index in [1.54, 1.807) is 0 Å². The molecule has 9 heteroatoms. The van der Waals surface area contributed by atoms with Crippen LogP contribution in [0.4, 0.5) is 5.69 Å². The number of aliphatic imine (C=N–C) groups is 1. The molecule has 0 aromatic heterocycles. The molecule has 6 nitrogen and oxygen atoms in total. The molecule has 21 heavy (non-hydrogen) atoms. The zero-order valence-electron chi connectivity index (χ0n) is 11.3. The Morgan fingerprint density at radius 3 is 2.05 bits per heavy atom. The summed E-state index contributed by atoms with van der Waals surface area (Å²) in [4.78, 5) is 7.85. The zero-order valence-corrected chi connectivity index (χ0v) is 13.7. The highest BCUT2D eigenvalue weighted by Crippen LogP contribution is 2.19. The number of guanidine groups is 2. The maximum atomic E-state index is 7.75. The Balaban J connectivity index is 0.00000200. The topological polar surface area (TPSA) is 94.7 Å². The number of hydrogen-bond acceptors (Lipinski definition) is 2. The molecular weight excluding hydrogens is 335 g/mol. The van der Waals surface area contributed by atoms with E-state index in [9.17, 15) is 0 Å². The molecule has 0 bridgehead atoms. The monoisotopic (exact) mass is 352 g/mol. The quantitative estimate of drug-likeness (QED) is 0.527. The highest BCUT2D eigenvalue weighted by Gasteiger charge is 2.19. The number of hydrogen-bond donors (Lipinski definition) is 3. The van der Waals surface area contributed by atoms with Crippen molar-refractivity contribution in [1.29, 1.82) is 5.41 Å². The van der Waals surface area contributed by atoms with Gasteiger partial charge in [-0.15, -0.1) is 24.8 Å². The summed E-state index contributed by atoms with van der Waals surface area (Å²) in [6.07, 6.45) is 0. The molecule has 118 valence electrons. The fourth-order valence-corrected chi connectivity index (χ4v) is 2.15. The van der Waals surface area contributed by atoms with Crippen molar-refractivity contribution in [1.82, 2.24) is 4.90 Å². The van der Waals surface area contributed by atoms with Gasteiger partial charge in [0.2, 0.25) is 5.96 Å². The van der Waals surface area contributed by atoms with Crippen LogP contribution in [0, 0.1) is 5.41 Å². The second kappa shape index (κ2) is 8.81. The Kier molecular flexibility index (Phi) is 8.24. The smallest absolute Gasteiger partial charge is 0.221 e. The average molecular weight is 354 g/mol. The van der Waals surface area contributed by atoms with Crippen molar-refractivity contribution in [3.05, 3.63) is 29.3 Å². The van der Waals surface area contributed by atoms with Crippen LogP contribution in [0.5, 0.6) is 0 Å². The van der Waals surface area contributed by atoms with Crippen LogP contribution >= 0.6 is 36.4 Å². The summed E-state index contributed by atoms with van der Waals surface area (Å²) in [5.74, 6) is 0.0425. The van der Waals surface area contributed by atoms with Crippen molar-refractivity contribution < 1.29 is 0 Å². The Bertz CT molecular complexity index is 478. The van der Waals surface area contributed by atoms with Crippen molar-refractivity contribution in [2.45, 2.75) is 0 Å². The number of nitrogens with two attached hydrogens (primary N) is 2. The lowest BCUT2D eigenvalue weighted by Gasteiger charge is -2.36. The van der Waals surface area contributed by atoms with Crippen molar-refractivity contribution in [2.24, 2.45) is 16.5 Å². The summed E-state index contributed by atoms with van der Waals surface area (Å²) >= 11 is 5.87. The SMILES string of the molecule is Cl.Cl.N=C(N=C(N)N)N1CCN(c2ccc(Cl)cc2)CC1. The van der Waals surface area contributed by atoms with Gasteiger partial charge in [-0.05, 0) is 24.3 Å². The molecule has 0 amide bonds. The van der Waals surface area contributed by atoms with E-state index in [1.807, 2.05) is 29.2 Å². The molecular formula is C12H19Cl3N6. The lowest BCUT2D eigenvalue weighted by molar-refractivity contribution is 0.380. The van der Waals surface area contributed by atoms with Crippen molar-refractivity contribution in [3.63, 3.8) is 0 Å². The van der Waals surface area contributed by atoms with Crippen LogP contribution < -0.4 is 16.4 Å². The molecule has 5 N–H and O–H groups in total. The third-order valence-corrected chi connectivity index (χ3v) is 3.26. The van der Waals surface area contributed by atoms with Crippen LogP contribution in [0.15, 0.2) is 29.3 Å². The van der Waals surface area contributed by atoms with E-state index in [2.05, 4.69) is 9.89 Å². The van der Waals surface area contributed by atoms with Gasteiger partial charge in [0.25, 0.3) is 0 Å². The lowest BCUT2D eigenvalue weighted by Crippen LogP contribution is -2.48. The van der Waals surface area contributed by atoms with Gasteiger partial charge in [-0.25, -0.2) is 0 Å².